The molecule has 0 atom stereocenters. The predicted molar refractivity (Wildman–Crippen MR) is 89.2 cm³/mol. The van der Waals surface area contributed by atoms with Crippen LogP contribution < -0.4 is 10.9 Å². The van der Waals surface area contributed by atoms with Gasteiger partial charge in [-0.1, -0.05) is 0 Å². The summed E-state index contributed by atoms with van der Waals surface area (Å²) in [5.74, 6) is -0.439. The Morgan fingerprint density at radius 1 is 1.36 bits per heavy atom. The van der Waals surface area contributed by atoms with Gasteiger partial charge in [-0.3, -0.25) is 4.79 Å². The maximum Gasteiger partial charge on any atom is 0.340 e. The van der Waals surface area contributed by atoms with Crippen LogP contribution in [0.15, 0.2) is 29.2 Å². The summed E-state index contributed by atoms with van der Waals surface area (Å²) in [6.07, 6.45) is 1.52. The molecule has 0 spiro atoms. The number of benzene rings is 1. The number of rotatable bonds is 3. The van der Waals surface area contributed by atoms with Crippen LogP contribution in [0.5, 0.6) is 0 Å². The Morgan fingerprint density at radius 3 is 2.82 bits per heavy atom. The molecule has 0 radical (unpaired) electrons. The molecule has 1 aromatic carbocycles. The SMILES string of the molecule is CCOC(=O)c1c[nH]c2c(=O)[nH]c3ccc(NC)cc3c12.Cl. The van der Waals surface area contributed by atoms with Crippen LogP contribution in [0.25, 0.3) is 21.8 Å². The first-order valence-electron chi connectivity index (χ1n) is 6.67. The summed E-state index contributed by atoms with van der Waals surface area (Å²) >= 11 is 0. The number of pyridine rings is 1. The minimum absolute atomic E-state index is 0. The Hall–Kier alpha value is -2.47. The number of esters is 1. The molecule has 2 aromatic heterocycles. The maximum atomic E-state index is 12.1. The number of anilines is 1. The lowest BCUT2D eigenvalue weighted by Crippen LogP contribution is -2.08. The highest BCUT2D eigenvalue weighted by Crippen LogP contribution is 2.27. The monoisotopic (exact) mass is 321 g/mol. The van der Waals surface area contributed by atoms with Crippen molar-refractivity contribution in [3.05, 3.63) is 40.3 Å². The lowest BCUT2D eigenvalue weighted by atomic mass is 10.1. The number of ether oxygens (including phenoxy) is 1. The Kier molecular flexibility index (Phi) is 4.42. The molecule has 7 heteroatoms. The van der Waals surface area contributed by atoms with Crippen LogP contribution in [-0.2, 0) is 4.74 Å². The van der Waals surface area contributed by atoms with Gasteiger partial charge in [0, 0.05) is 35.2 Å². The molecular weight excluding hydrogens is 306 g/mol. The summed E-state index contributed by atoms with van der Waals surface area (Å²) < 4.78 is 5.05. The van der Waals surface area contributed by atoms with Crippen LogP contribution in [-0.4, -0.2) is 29.6 Å². The Bertz CT molecular complexity index is 898. The van der Waals surface area contributed by atoms with Crippen LogP contribution in [0, 0.1) is 0 Å². The van der Waals surface area contributed by atoms with Crippen molar-refractivity contribution in [1.82, 2.24) is 9.97 Å². The molecule has 0 aliphatic heterocycles. The van der Waals surface area contributed by atoms with Gasteiger partial charge in [0.1, 0.15) is 5.52 Å². The fraction of sp³-hybridized carbons (Fsp3) is 0.200. The summed E-state index contributed by atoms with van der Waals surface area (Å²) in [5.41, 5.74) is 2.06. The van der Waals surface area contributed by atoms with E-state index in [0.717, 1.165) is 11.1 Å². The number of aromatic amines is 2. The lowest BCUT2D eigenvalue weighted by Gasteiger charge is -2.06. The molecule has 116 valence electrons. The molecule has 3 N–H and O–H groups in total. The Morgan fingerprint density at radius 2 is 2.14 bits per heavy atom. The molecule has 3 rings (SSSR count). The zero-order valence-corrected chi connectivity index (χ0v) is 13.0. The van der Waals surface area contributed by atoms with Gasteiger partial charge < -0.3 is 20.0 Å². The standard InChI is InChI=1S/C15H15N3O3.ClH/c1-3-21-15(20)10-7-17-13-12(10)9-6-8(16-2)4-5-11(9)18-14(13)19;/h4-7,16-17H,3H2,1-2H3,(H,18,19);1H. The van der Waals surface area contributed by atoms with Gasteiger partial charge in [-0.05, 0) is 25.1 Å². The maximum absolute atomic E-state index is 12.1. The zero-order chi connectivity index (χ0) is 15.0. The molecule has 22 heavy (non-hydrogen) atoms. The lowest BCUT2D eigenvalue weighted by molar-refractivity contribution is 0.0529. The second-order valence-electron chi connectivity index (χ2n) is 4.64. The number of hydrogen-bond donors (Lipinski definition) is 3. The van der Waals surface area contributed by atoms with Crippen molar-refractivity contribution < 1.29 is 9.53 Å². The topological polar surface area (TPSA) is 87.0 Å². The quantitative estimate of drug-likeness (QED) is 0.647. The van der Waals surface area contributed by atoms with Crippen LogP contribution in [0.2, 0.25) is 0 Å². The van der Waals surface area contributed by atoms with Gasteiger partial charge in [-0.2, -0.15) is 0 Å². The first-order chi connectivity index (χ1) is 10.2. The summed E-state index contributed by atoms with van der Waals surface area (Å²) in [4.78, 5) is 29.8. The average molecular weight is 322 g/mol. The number of H-pyrrole nitrogens is 2. The number of hydrogen-bond acceptors (Lipinski definition) is 4. The molecule has 0 fully saturated rings. The molecule has 3 aromatic rings. The van der Waals surface area contributed by atoms with E-state index in [0.29, 0.717) is 22.0 Å². The number of carbonyl (C=O) groups excluding carboxylic acids is 1. The van der Waals surface area contributed by atoms with Crippen molar-refractivity contribution in [2.45, 2.75) is 6.92 Å². The second kappa shape index (κ2) is 6.11. The van der Waals surface area contributed by atoms with Crippen LogP contribution in [0.4, 0.5) is 5.69 Å². The van der Waals surface area contributed by atoms with Gasteiger partial charge >= 0.3 is 5.97 Å². The number of nitrogens with one attached hydrogen (secondary N) is 3. The third kappa shape index (κ3) is 2.42. The summed E-state index contributed by atoms with van der Waals surface area (Å²) in [5, 5.41) is 4.43. The van der Waals surface area contributed by atoms with Crippen molar-refractivity contribution in [2.24, 2.45) is 0 Å². The molecule has 0 unspecified atom stereocenters. The highest BCUT2D eigenvalue weighted by molar-refractivity contribution is 6.15. The van der Waals surface area contributed by atoms with Gasteiger partial charge in [0.15, 0.2) is 0 Å². The molecule has 0 saturated heterocycles. The van der Waals surface area contributed by atoms with E-state index in [-0.39, 0.29) is 24.6 Å². The van der Waals surface area contributed by atoms with Crippen molar-refractivity contribution in [3.8, 4) is 0 Å². The van der Waals surface area contributed by atoms with E-state index in [1.54, 1.807) is 6.92 Å². The van der Waals surface area contributed by atoms with Crippen LogP contribution in [0.3, 0.4) is 0 Å². The van der Waals surface area contributed by atoms with Gasteiger partial charge in [0.05, 0.1) is 12.2 Å². The van der Waals surface area contributed by atoms with Gasteiger partial charge in [0.25, 0.3) is 5.56 Å². The fourth-order valence-electron chi connectivity index (χ4n) is 2.45. The summed E-state index contributed by atoms with van der Waals surface area (Å²) in [6.45, 7) is 2.03. The zero-order valence-electron chi connectivity index (χ0n) is 12.1. The van der Waals surface area contributed by atoms with E-state index in [2.05, 4.69) is 15.3 Å². The highest BCUT2D eigenvalue weighted by Gasteiger charge is 2.17. The summed E-state index contributed by atoms with van der Waals surface area (Å²) in [6, 6.07) is 5.56. The van der Waals surface area contributed by atoms with Crippen molar-refractivity contribution in [1.29, 1.82) is 0 Å². The van der Waals surface area contributed by atoms with E-state index < -0.39 is 5.97 Å². The van der Waals surface area contributed by atoms with E-state index in [4.69, 9.17) is 4.74 Å². The highest BCUT2D eigenvalue weighted by atomic mass is 35.5. The molecule has 0 aliphatic carbocycles. The minimum Gasteiger partial charge on any atom is -0.462 e. The van der Waals surface area contributed by atoms with Crippen LogP contribution >= 0.6 is 12.4 Å². The van der Waals surface area contributed by atoms with Crippen molar-refractivity contribution in [3.63, 3.8) is 0 Å². The van der Waals surface area contributed by atoms with Gasteiger partial charge in [-0.25, -0.2) is 4.79 Å². The molecule has 0 bridgehead atoms. The first-order valence-corrected chi connectivity index (χ1v) is 6.67. The number of fused-ring (bicyclic) bond motifs is 3. The molecule has 0 saturated carbocycles. The minimum atomic E-state index is -0.439. The third-order valence-electron chi connectivity index (χ3n) is 3.43. The molecule has 0 amide bonds. The van der Waals surface area contributed by atoms with E-state index in [9.17, 15) is 9.59 Å². The van der Waals surface area contributed by atoms with Crippen LogP contribution in [0.1, 0.15) is 17.3 Å². The molecule has 0 aliphatic rings. The summed E-state index contributed by atoms with van der Waals surface area (Å²) in [7, 11) is 1.81. The first kappa shape index (κ1) is 15.9. The number of halogens is 1. The van der Waals surface area contributed by atoms with E-state index in [1.165, 1.54) is 6.20 Å². The van der Waals surface area contributed by atoms with Crippen molar-refractivity contribution >= 4 is 45.9 Å². The normalized spacial score (nSPS) is 10.5. The van der Waals surface area contributed by atoms with Gasteiger partial charge in [0.2, 0.25) is 0 Å². The fourth-order valence-corrected chi connectivity index (χ4v) is 2.45. The average Bonchev–Trinajstić information content (AvgIpc) is 2.93. The largest absolute Gasteiger partial charge is 0.462 e. The third-order valence-corrected chi connectivity index (χ3v) is 3.43. The molecule has 6 nitrogen and oxygen atoms in total. The molecule has 2 heterocycles. The predicted octanol–water partition coefficient (Wildman–Crippen LogP) is 2.65. The van der Waals surface area contributed by atoms with Crippen molar-refractivity contribution in [2.75, 3.05) is 19.0 Å². The number of aromatic nitrogens is 2. The van der Waals surface area contributed by atoms with E-state index >= 15 is 0 Å². The Labute approximate surface area is 132 Å². The van der Waals surface area contributed by atoms with Gasteiger partial charge in [-0.15, -0.1) is 12.4 Å². The molecular formula is C15H16ClN3O3. The Balaban J connectivity index is 0.00000176. The number of carbonyl (C=O) groups is 1. The van der Waals surface area contributed by atoms with E-state index in [1.807, 2.05) is 25.2 Å². The smallest absolute Gasteiger partial charge is 0.340 e. The second-order valence-corrected chi connectivity index (χ2v) is 4.64.